The summed E-state index contributed by atoms with van der Waals surface area (Å²) in [4.78, 5) is 23.7. The molecular formula is C19H18ClN3O3S2. The second kappa shape index (κ2) is 7.77. The molecular weight excluding hydrogens is 418 g/mol. The quantitative estimate of drug-likeness (QED) is 0.470. The van der Waals surface area contributed by atoms with Crippen molar-refractivity contribution >= 4 is 56.5 Å². The number of thioether (sulfide) groups is 1. The van der Waals surface area contributed by atoms with Gasteiger partial charge in [0.2, 0.25) is 5.91 Å². The number of thiophene rings is 1. The monoisotopic (exact) mass is 435 g/mol. The third kappa shape index (κ3) is 3.76. The third-order valence-corrected chi connectivity index (χ3v) is 6.74. The molecule has 0 aliphatic carbocycles. The van der Waals surface area contributed by atoms with Gasteiger partial charge in [0.15, 0.2) is 11.5 Å². The summed E-state index contributed by atoms with van der Waals surface area (Å²) in [5.41, 5.74) is 1.67. The summed E-state index contributed by atoms with van der Waals surface area (Å²) in [5.74, 6) is 1.91. The Morgan fingerprint density at radius 2 is 1.93 bits per heavy atom. The molecule has 1 aliphatic rings. The highest BCUT2D eigenvalue weighted by molar-refractivity contribution is 8.00. The van der Waals surface area contributed by atoms with E-state index in [1.807, 2.05) is 6.92 Å². The number of benzene rings is 1. The second-order valence-electron chi connectivity index (χ2n) is 6.35. The Hall–Kier alpha value is -2.03. The summed E-state index contributed by atoms with van der Waals surface area (Å²) >= 11 is 9.32. The lowest BCUT2D eigenvalue weighted by molar-refractivity contribution is -0.113. The van der Waals surface area contributed by atoms with Gasteiger partial charge in [-0.05, 0) is 26.3 Å². The fraction of sp³-hybridized carbons (Fsp3) is 0.316. The van der Waals surface area contributed by atoms with Crippen LogP contribution in [0.15, 0.2) is 17.2 Å². The Labute approximate surface area is 175 Å². The van der Waals surface area contributed by atoms with Gasteiger partial charge >= 0.3 is 0 Å². The molecule has 0 unspecified atom stereocenters. The second-order valence-corrected chi connectivity index (χ2v) is 8.93. The smallest absolute Gasteiger partial charge is 0.234 e. The van der Waals surface area contributed by atoms with E-state index in [9.17, 15) is 4.79 Å². The summed E-state index contributed by atoms with van der Waals surface area (Å²) in [7, 11) is 0. The largest absolute Gasteiger partial charge is 0.486 e. The average molecular weight is 436 g/mol. The van der Waals surface area contributed by atoms with Crippen molar-refractivity contribution in [3.63, 3.8) is 0 Å². The van der Waals surface area contributed by atoms with Crippen LogP contribution in [-0.4, -0.2) is 34.8 Å². The van der Waals surface area contributed by atoms with Crippen LogP contribution in [0.25, 0.3) is 10.2 Å². The number of carbonyl (C=O) groups excluding carboxylic acids is 1. The van der Waals surface area contributed by atoms with Crippen molar-refractivity contribution in [2.45, 2.75) is 25.8 Å². The lowest BCUT2D eigenvalue weighted by Gasteiger charge is -2.20. The molecule has 9 heteroatoms. The number of carbonyl (C=O) groups is 1. The molecule has 0 spiro atoms. The maximum Gasteiger partial charge on any atom is 0.234 e. The first kappa shape index (κ1) is 19.3. The fourth-order valence-electron chi connectivity index (χ4n) is 2.90. The number of hydrogen-bond donors (Lipinski definition) is 1. The van der Waals surface area contributed by atoms with Crippen molar-refractivity contribution in [3.05, 3.63) is 33.4 Å². The number of rotatable bonds is 4. The van der Waals surface area contributed by atoms with Gasteiger partial charge in [-0.15, -0.1) is 11.3 Å². The first-order chi connectivity index (χ1) is 13.4. The maximum atomic E-state index is 12.5. The molecule has 0 saturated carbocycles. The van der Waals surface area contributed by atoms with Crippen LogP contribution in [0.3, 0.4) is 0 Å². The van der Waals surface area contributed by atoms with Crippen molar-refractivity contribution in [1.82, 2.24) is 9.97 Å². The zero-order chi connectivity index (χ0) is 19.8. The summed E-state index contributed by atoms with van der Waals surface area (Å²) < 4.78 is 11.0. The molecule has 6 nitrogen and oxygen atoms in total. The molecule has 0 saturated heterocycles. The number of fused-ring (bicyclic) bond motifs is 2. The molecule has 1 aliphatic heterocycles. The predicted octanol–water partition coefficient (Wildman–Crippen LogP) is 4.77. The zero-order valence-electron chi connectivity index (χ0n) is 15.6. The molecule has 146 valence electrons. The molecule has 3 heterocycles. The maximum absolute atomic E-state index is 12.5. The van der Waals surface area contributed by atoms with Gasteiger partial charge in [-0.25, -0.2) is 9.97 Å². The molecule has 4 rings (SSSR count). The summed E-state index contributed by atoms with van der Waals surface area (Å²) in [6.45, 7) is 6.96. The minimum absolute atomic E-state index is 0.169. The Morgan fingerprint density at radius 3 is 2.68 bits per heavy atom. The fourth-order valence-corrected chi connectivity index (χ4v) is 5.17. The highest BCUT2D eigenvalue weighted by Crippen LogP contribution is 2.38. The number of halogens is 1. The molecule has 3 aromatic rings. The summed E-state index contributed by atoms with van der Waals surface area (Å²) in [6.07, 6.45) is 0. The standard InChI is InChI=1S/C19H18ClN3O3S2/c1-9-10(2)28-19-17(9)18(21-11(3)22-19)27-8-16(24)23-13-7-15-14(6-12(13)20)25-4-5-26-15/h6-7H,4-5,8H2,1-3H3,(H,23,24). The number of anilines is 1. The van der Waals surface area contributed by atoms with Crippen molar-refractivity contribution in [2.24, 2.45) is 0 Å². The SMILES string of the molecule is Cc1nc(SCC(=O)Nc2cc3c(cc2Cl)OCCO3)c2c(C)c(C)sc2n1. The molecule has 28 heavy (non-hydrogen) atoms. The van der Waals surface area contributed by atoms with Gasteiger partial charge in [-0.3, -0.25) is 4.79 Å². The van der Waals surface area contributed by atoms with Crippen LogP contribution in [0.5, 0.6) is 11.5 Å². The molecule has 0 atom stereocenters. The Balaban J connectivity index is 1.51. The Kier molecular flexibility index (Phi) is 5.35. The number of hydrogen-bond acceptors (Lipinski definition) is 7. The first-order valence-corrected chi connectivity index (χ1v) is 10.9. The highest BCUT2D eigenvalue weighted by Gasteiger charge is 2.18. The van der Waals surface area contributed by atoms with Gasteiger partial charge in [0, 0.05) is 22.4 Å². The summed E-state index contributed by atoms with van der Waals surface area (Å²) in [5, 5.41) is 5.11. The topological polar surface area (TPSA) is 73.3 Å². The van der Waals surface area contributed by atoms with Gasteiger partial charge in [0.25, 0.3) is 0 Å². The van der Waals surface area contributed by atoms with Crippen molar-refractivity contribution in [3.8, 4) is 11.5 Å². The lowest BCUT2D eigenvalue weighted by Crippen LogP contribution is -2.17. The van der Waals surface area contributed by atoms with E-state index in [0.29, 0.717) is 41.2 Å². The van der Waals surface area contributed by atoms with Gasteiger partial charge in [0.05, 0.1) is 16.5 Å². The average Bonchev–Trinajstić information content (AvgIpc) is 2.94. The van der Waals surface area contributed by atoms with Gasteiger partial charge in [-0.1, -0.05) is 23.4 Å². The number of nitrogens with zero attached hydrogens (tertiary/aromatic N) is 2. The van der Waals surface area contributed by atoms with E-state index in [1.165, 1.54) is 16.6 Å². The number of nitrogens with one attached hydrogen (secondary N) is 1. The number of ether oxygens (including phenoxy) is 2. The van der Waals surface area contributed by atoms with Crippen LogP contribution < -0.4 is 14.8 Å². The van der Waals surface area contributed by atoms with Crippen LogP contribution in [0.4, 0.5) is 5.69 Å². The molecule has 0 fully saturated rings. The number of aryl methyl sites for hydroxylation is 3. The molecule has 2 aromatic heterocycles. The molecule has 1 amide bonds. The van der Waals surface area contributed by atoms with Crippen LogP contribution in [-0.2, 0) is 4.79 Å². The van der Waals surface area contributed by atoms with E-state index in [-0.39, 0.29) is 11.7 Å². The van der Waals surface area contributed by atoms with Gasteiger partial charge in [-0.2, -0.15) is 0 Å². The minimum atomic E-state index is -0.169. The van der Waals surface area contributed by atoms with E-state index < -0.39 is 0 Å². The van der Waals surface area contributed by atoms with Crippen molar-refractivity contribution in [2.75, 3.05) is 24.3 Å². The Bertz CT molecular complexity index is 1080. The van der Waals surface area contributed by atoms with Crippen LogP contribution in [0.1, 0.15) is 16.3 Å². The van der Waals surface area contributed by atoms with Crippen LogP contribution >= 0.6 is 34.7 Å². The van der Waals surface area contributed by atoms with Crippen molar-refractivity contribution < 1.29 is 14.3 Å². The number of amides is 1. The molecule has 0 bridgehead atoms. The third-order valence-electron chi connectivity index (χ3n) is 4.35. The van der Waals surface area contributed by atoms with Gasteiger partial charge < -0.3 is 14.8 Å². The Morgan fingerprint density at radius 1 is 1.21 bits per heavy atom. The minimum Gasteiger partial charge on any atom is -0.486 e. The molecule has 1 N–H and O–H groups in total. The van der Waals surface area contributed by atoms with Crippen molar-refractivity contribution in [1.29, 1.82) is 0 Å². The van der Waals surface area contributed by atoms with E-state index in [0.717, 1.165) is 20.8 Å². The van der Waals surface area contributed by atoms with E-state index in [2.05, 4.69) is 29.1 Å². The molecule has 0 radical (unpaired) electrons. The molecule has 1 aromatic carbocycles. The predicted molar refractivity (Wildman–Crippen MR) is 113 cm³/mol. The lowest BCUT2D eigenvalue weighted by atomic mass is 10.2. The van der Waals surface area contributed by atoms with Crippen LogP contribution in [0.2, 0.25) is 5.02 Å². The zero-order valence-corrected chi connectivity index (χ0v) is 18.0. The summed E-state index contributed by atoms with van der Waals surface area (Å²) in [6, 6.07) is 3.35. The highest BCUT2D eigenvalue weighted by atomic mass is 35.5. The van der Waals surface area contributed by atoms with Gasteiger partial charge in [0.1, 0.15) is 28.9 Å². The number of aromatic nitrogens is 2. The van der Waals surface area contributed by atoms with Crippen LogP contribution in [0, 0.1) is 20.8 Å². The normalized spacial score (nSPS) is 13.0. The van der Waals surface area contributed by atoms with E-state index in [1.54, 1.807) is 23.5 Å². The van der Waals surface area contributed by atoms with E-state index in [4.69, 9.17) is 21.1 Å². The van der Waals surface area contributed by atoms with E-state index >= 15 is 0 Å². The first-order valence-electron chi connectivity index (χ1n) is 8.68.